The zero-order chi connectivity index (χ0) is 19.3. The summed E-state index contributed by atoms with van der Waals surface area (Å²) in [5, 5.41) is 18.5. The Morgan fingerprint density at radius 3 is 2.21 bits per heavy atom. The molecule has 0 unspecified atom stereocenters. The minimum Gasteiger partial charge on any atom is -0.258 e. The number of benzene rings is 5. The van der Waals surface area contributed by atoms with Crippen molar-refractivity contribution < 1.29 is 4.92 Å². The van der Waals surface area contributed by atoms with Crippen LogP contribution in [-0.4, -0.2) is 4.92 Å². The van der Waals surface area contributed by atoms with E-state index in [0.29, 0.717) is 10.6 Å². The van der Waals surface area contributed by atoms with Gasteiger partial charge in [0, 0.05) is 16.5 Å². The Morgan fingerprint density at radius 1 is 0.643 bits per heavy atom. The van der Waals surface area contributed by atoms with Crippen LogP contribution in [-0.2, 0) is 0 Å². The van der Waals surface area contributed by atoms with E-state index in [2.05, 4.69) is 30.3 Å². The second-order valence-electron chi connectivity index (χ2n) is 6.74. The van der Waals surface area contributed by atoms with E-state index in [4.69, 9.17) is 11.6 Å². The van der Waals surface area contributed by atoms with E-state index in [9.17, 15) is 10.1 Å². The smallest absolute Gasteiger partial charge is 0.258 e. The Hall–Kier alpha value is -3.43. The molecule has 4 heteroatoms. The SMILES string of the molecule is O=[N+]([O-])c1ccccc1-c1ccc(Cl)c2c1ccc1c3ccccc3ccc12. The quantitative estimate of drug-likeness (QED) is 0.181. The highest BCUT2D eigenvalue weighted by Gasteiger charge is 2.18. The van der Waals surface area contributed by atoms with Gasteiger partial charge >= 0.3 is 0 Å². The first-order valence-corrected chi connectivity index (χ1v) is 9.29. The predicted molar refractivity (Wildman–Crippen MR) is 116 cm³/mol. The summed E-state index contributed by atoms with van der Waals surface area (Å²) in [5.41, 5.74) is 1.49. The lowest BCUT2D eigenvalue weighted by atomic mass is 9.92. The summed E-state index contributed by atoms with van der Waals surface area (Å²) >= 11 is 6.62. The highest BCUT2D eigenvalue weighted by molar-refractivity contribution is 6.39. The summed E-state index contributed by atoms with van der Waals surface area (Å²) in [6.07, 6.45) is 0. The molecule has 0 heterocycles. The monoisotopic (exact) mass is 383 g/mol. The number of nitro benzene ring substituents is 1. The minimum atomic E-state index is -0.343. The van der Waals surface area contributed by atoms with Crippen LogP contribution in [0.3, 0.4) is 0 Å². The Morgan fingerprint density at radius 2 is 1.36 bits per heavy atom. The van der Waals surface area contributed by atoms with Crippen LogP contribution in [0.1, 0.15) is 0 Å². The molecule has 0 atom stereocenters. The number of hydrogen-bond acceptors (Lipinski definition) is 2. The zero-order valence-electron chi connectivity index (χ0n) is 14.7. The summed E-state index contributed by atoms with van der Waals surface area (Å²) in [6.45, 7) is 0. The van der Waals surface area contributed by atoms with E-state index in [-0.39, 0.29) is 10.6 Å². The largest absolute Gasteiger partial charge is 0.277 e. The summed E-state index contributed by atoms with van der Waals surface area (Å²) in [5.74, 6) is 0. The molecule has 0 radical (unpaired) electrons. The van der Waals surface area contributed by atoms with Crippen molar-refractivity contribution in [3.05, 3.63) is 100 Å². The third kappa shape index (κ3) is 2.44. The first kappa shape index (κ1) is 16.7. The van der Waals surface area contributed by atoms with Gasteiger partial charge in [0.25, 0.3) is 5.69 Å². The number of halogens is 1. The van der Waals surface area contributed by atoms with Gasteiger partial charge in [0.05, 0.1) is 10.5 Å². The van der Waals surface area contributed by atoms with Crippen LogP contribution in [0, 0.1) is 10.1 Å². The lowest BCUT2D eigenvalue weighted by molar-refractivity contribution is -0.384. The summed E-state index contributed by atoms with van der Waals surface area (Å²) in [6, 6.07) is 27.0. The van der Waals surface area contributed by atoms with Crippen LogP contribution in [0.2, 0.25) is 5.02 Å². The van der Waals surface area contributed by atoms with Gasteiger partial charge in [0.15, 0.2) is 0 Å². The molecule has 0 amide bonds. The third-order valence-electron chi connectivity index (χ3n) is 5.24. The van der Waals surface area contributed by atoms with Gasteiger partial charge in [-0.1, -0.05) is 78.3 Å². The molecule has 0 aliphatic heterocycles. The molecule has 0 saturated heterocycles. The van der Waals surface area contributed by atoms with Gasteiger partial charge < -0.3 is 0 Å². The van der Waals surface area contributed by atoms with E-state index in [0.717, 1.165) is 32.5 Å². The maximum Gasteiger partial charge on any atom is 0.277 e. The molecule has 0 fully saturated rings. The molecule has 0 saturated carbocycles. The summed E-state index contributed by atoms with van der Waals surface area (Å²) in [7, 11) is 0. The van der Waals surface area contributed by atoms with Crippen molar-refractivity contribution in [3.8, 4) is 11.1 Å². The number of nitrogens with zero attached hydrogens (tertiary/aromatic N) is 1. The normalized spacial score (nSPS) is 11.3. The van der Waals surface area contributed by atoms with Crippen LogP contribution in [0.5, 0.6) is 0 Å². The highest BCUT2D eigenvalue weighted by atomic mass is 35.5. The fourth-order valence-electron chi connectivity index (χ4n) is 4.00. The van der Waals surface area contributed by atoms with Crippen LogP contribution >= 0.6 is 11.6 Å². The number of rotatable bonds is 2. The van der Waals surface area contributed by atoms with Crippen molar-refractivity contribution >= 4 is 49.6 Å². The molecule has 5 aromatic carbocycles. The molecule has 28 heavy (non-hydrogen) atoms. The van der Waals surface area contributed by atoms with Crippen molar-refractivity contribution in [3.63, 3.8) is 0 Å². The molecule has 5 aromatic rings. The van der Waals surface area contributed by atoms with Crippen molar-refractivity contribution in [1.29, 1.82) is 0 Å². The van der Waals surface area contributed by atoms with Gasteiger partial charge in [-0.2, -0.15) is 0 Å². The maximum absolute atomic E-state index is 11.5. The van der Waals surface area contributed by atoms with Crippen molar-refractivity contribution in [2.75, 3.05) is 0 Å². The second-order valence-corrected chi connectivity index (χ2v) is 7.15. The van der Waals surface area contributed by atoms with Crippen molar-refractivity contribution in [2.45, 2.75) is 0 Å². The molecule has 0 aliphatic carbocycles. The Bertz CT molecular complexity index is 1410. The summed E-state index contributed by atoms with van der Waals surface area (Å²) < 4.78 is 0. The van der Waals surface area contributed by atoms with Gasteiger partial charge in [-0.25, -0.2) is 0 Å². The first-order valence-electron chi connectivity index (χ1n) is 8.91. The number of nitro groups is 1. The molecule has 3 nitrogen and oxygen atoms in total. The fourth-order valence-corrected chi connectivity index (χ4v) is 4.26. The lowest BCUT2D eigenvalue weighted by Crippen LogP contribution is -1.92. The number of fused-ring (bicyclic) bond motifs is 5. The number of para-hydroxylation sites is 1. The van der Waals surface area contributed by atoms with Gasteiger partial charge in [-0.15, -0.1) is 0 Å². The average Bonchev–Trinajstić information content (AvgIpc) is 2.73. The predicted octanol–water partition coefficient (Wildman–Crippen LogP) is 7.37. The van der Waals surface area contributed by atoms with E-state index in [1.807, 2.05) is 36.4 Å². The molecule has 134 valence electrons. The lowest BCUT2D eigenvalue weighted by Gasteiger charge is -2.13. The first-order chi connectivity index (χ1) is 13.6. The van der Waals surface area contributed by atoms with Crippen LogP contribution in [0.25, 0.3) is 43.4 Å². The topological polar surface area (TPSA) is 43.1 Å². The fraction of sp³-hybridized carbons (Fsp3) is 0. The van der Waals surface area contributed by atoms with Crippen molar-refractivity contribution in [2.24, 2.45) is 0 Å². The molecular weight excluding hydrogens is 370 g/mol. The number of hydrogen-bond donors (Lipinski definition) is 0. The van der Waals surface area contributed by atoms with Gasteiger partial charge in [-0.05, 0) is 44.6 Å². The van der Waals surface area contributed by atoms with Gasteiger partial charge in [-0.3, -0.25) is 10.1 Å². The summed E-state index contributed by atoms with van der Waals surface area (Å²) in [4.78, 5) is 11.2. The van der Waals surface area contributed by atoms with E-state index < -0.39 is 0 Å². The third-order valence-corrected chi connectivity index (χ3v) is 5.56. The molecular formula is C24H14ClNO2. The van der Waals surface area contributed by atoms with Crippen molar-refractivity contribution in [1.82, 2.24) is 0 Å². The minimum absolute atomic E-state index is 0.0877. The standard InChI is InChI=1S/C24H14ClNO2/c25-22-14-13-18(19-7-3-4-8-23(19)26(27)28)21-12-11-17-16-6-2-1-5-15(16)9-10-20(17)24(21)22/h1-14H. The Labute approximate surface area is 165 Å². The van der Waals surface area contributed by atoms with E-state index in [1.165, 1.54) is 11.5 Å². The molecule has 0 bridgehead atoms. The van der Waals surface area contributed by atoms with E-state index >= 15 is 0 Å². The van der Waals surface area contributed by atoms with Gasteiger partial charge in [0.2, 0.25) is 0 Å². The molecule has 0 spiro atoms. The Kier molecular flexibility index (Phi) is 3.78. The molecule has 0 aliphatic rings. The maximum atomic E-state index is 11.5. The van der Waals surface area contributed by atoms with E-state index in [1.54, 1.807) is 12.1 Å². The molecule has 0 N–H and O–H groups in total. The van der Waals surface area contributed by atoms with Gasteiger partial charge in [0.1, 0.15) is 0 Å². The second kappa shape index (κ2) is 6.32. The van der Waals surface area contributed by atoms with Crippen LogP contribution in [0.15, 0.2) is 84.9 Å². The Balaban J connectivity index is 1.92. The zero-order valence-corrected chi connectivity index (χ0v) is 15.5. The van der Waals surface area contributed by atoms with Crippen LogP contribution < -0.4 is 0 Å². The molecule has 0 aromatic heterocycles. The van der Waals surface area contributed by atoms with Crippen LogP contribution in [0.4, 0.5) is 5.69 Å². The highest BCUT2D eigenvalue weighted by Crippen LogP contribution is 2.41. The molecule has 5 rings (SSSR count). The average molecular weight is 384 g/mol.